The van der Waals surface area contributed by atoms with E-state index in [-0.39, 0.29) is 5.92 Å². The zero-order valence-corrected chi connectivity index (χ0v) is 12.5. The van der Waals surface area contributed by atoms with Crippen molar-refractivity contribution in [1.82, 2.24) is 4.98 Å². The highest BCUT2D eigenvalue weighted by atomic mass is 32.1. The number of carboxylic acids is 1. The summed E-state index contributed by atoms with van der Waals surface area (Å²) < 4.78 is 5.11. The molecular formula is C15H17NO3S. The molecular weight excluding hydrogens is 274 g/mol. The predicted octanol–water partition coefficient (Wildman–Crippen LogP) is 3.78. The Bertz CT molecular complexity index is 619. The lowest BCUT2D eigenvalue weighted by molar-refractivity contribution is 0.0700. The number of hydrogen-bond acceptors (Lipinski definition) is 4. The number of methoxy groups -OCH3 is 1. The smallest absolute Gasteiger partial charge is 0.347 e. The Labute approximate surface area is 122 Å². The van der Waals surface area contributed by atoms with Crippen LogP contribution in [0.2, 0.25) is 0 Å². The third-order valence-corrected chi connectivity index (χ3v) is 3.99. The molecule has 2 rings (SSSR count). The monoisotopic (exact) mass is 291 g/mol. The maximum atomic E-state index is 11.3. The quantitative estimate of drug-likeness (QED) is 0.910. The van der Waals surface area contributed by atoms with Gasteiger partial charge in [0.2, 0.25) is 0 Å². The predicted molar refractivity (Wildman–Crippen MR) is 79.3 cm³/mol. The fraction of sp³-hybridized carbons (Fsp3) is 0.333. The van der Waals surface area contributed by atoms with E-state index in [1.165, 1.54) is 11.3 Å². The first-order chi connectivity index (χ1) is 9.52. The number of nitrogens with zero attached hydrogens (tertiary/aromatic N) is 1. The molecule has 4 nitrogen and oxygen atoms in total. The van der Waals surface area contributed by atoms with E-state index < -0.39 is 5.97 Å². The average Bonchev–Trinajstić information content (AvgIpc) is 2.85. The Kier molecular flexibility index (Phi) is 4.52. The summed E-state index contributed by atoms with van der Waals surface area (Å²) >= 11 is 1.22. The molecule has 0 unspecified atom stereocenters. The summed E-state index contributed by atoms with van der Waals surface area (Å²) in [6.07, 6.45) is 0. The lowest BCUT2D eigenvalue weighted by atomic mass is 10.1. The molecule has 0 aliphatic heterocycles. The number of thiazole rings is 1. The summed E-state index contributed by atoms with van der Waals surface area (Å²) in [6.45, 7) is 4.43. The van der Waals surface area contributed by atoms with Crippen LogP contribution in [0.5, 0.6) is 0 Å². The van der Waals surface area contributed by atoms with Crippen LogP contribution in [0.15, 0.2) is 24.3 Å². The molecule has 0 amide bonds. The maximum absolute atomic E-state index is 11.3. The highest BCUT2D eigenvalue weighted by Gasteiger charge is 2.20. The molecule has 0 saturated carbocycles. The molecule has 1 aromatic heterocycles. The van der Waals surface area contributed by atoms with Crippen molar-refractivity contribution in [2.45, 2.75) is 26.4 Å². The van der Waals surface area contributed by atoms with Crippen molar-refractivity contribution < 1.29 is 14.6 Å². The van der Waals surface area contributed by atoms with E-state index in [4.69, 9.17) is 4.74 Å². The molecule has 0 saturated heterocycles. The van der Waals surface area contributed by atoms with E-state index in [1.54, 1.807) is 7.11 Å². The molecule has 0 atom stereocenters. The zero-order chi connectivity index (χ0) is 14.7. The van der Waals surface area contributed by atoms with Crippen LogP contribution >= 0.6 is 11.3 Å². The minimum absolute atomic E-state index is 0.0910. The van der Waals surface area contributed by atoms with E-state index in [0.29, 0.717) is 17.2 Å². The number of ether oxygens (including phenoxy) is 1. The van der Waals surface area contributed by atoms with Crippen LogP contribution < -0.4 is 0 Å². The van der Waals surface area contributed by atoms with Crippen LogP contribution in [-0.2, 0) is 11.3 Å². The van der Waals surface area contributed by atoms with Crippen molar-refractivity contribution in [1.29, 1.82) is 0 Å². The molecule has 2 aromatic rings. The van der Waals surface area contributed by atoms with Crippen molar-refractivity contribution in [3.05, 3.63) is 40.4 Å². The Morgan fingerprint density at radius 2 is 2.20 bits per heavy atom. The molecule has 0 aliphatic rings. The fourth-order valence-corrected chi connectivity index (χ4v) is 3.02. The van der Waals surface area contributed by atoms with Crippen molar-refractivity contribution >= 4 is 17.3 Å². The van der Waals surface area contributed by atoms with Gasteiger partial charge in [0.1, 0.15) is 9.88 Å². The Morgan fingerprint density at radius 1 is 1.45 bits per heavy atom. The average molecular weight is 291 g/mol. The first-order valence-corrected chi connectivity index (χ1v) is 7.16. The van der Waals surface area contributed by atoms with Crippen LogP contribution in [0.4, 0.5) is 0 Å². The van der Waals surface area contributed by atoms with Gasteiger partial charge in [0.15, 0.2) is 0 Å². The summed E-state index contributed by atoms with van der Waals surface area (Å²) in [6, 6.07) is 7.83. The van der Waals surface area contributed by atoms with Crippen LogP contribution in [0.1, 0.15) is 40.7 Å². The number of aromatic carboxylic acids is 1. The first kappa shape index (κ1) is 14.7. The van der Waals surface area contributed by atoms with Gasteiger partial charge in [-0.05, 0) is 17.5 Å². The summed E-state index contributed by atoms with van der Waals surface area (Å²) in [5.74, 6) is -0.821. The van der Waals surface area contributed by atoms with Gasteiger partial charge in [-0.3, -0.25) is 0 Å². The third-order valence-electron chi connectivity index (χ3n) is 2.88. The largest absolute Gasteiger partial charge is 0.477 e. The lowest BCUT2D eigenvalue weighted by Crippen LogP contribution is -2.00. The van der Waals surface area contributed by atoms with Gasteiger partial charge in [-0.25, -0.2) is 9.78 Å². The minimum Gasteiger partial charge on any atom is -0.477 e. The van der Waals surface area contributed by atoms with Crippen LogP contribution in [0.3, 0.4) is 0 Å². The van der Waals surface area contributed by atoms with Crippen LogP contribution in [-0.4, -0.2) is 23.2 Å². The molecule has 0 fully saturated rings. The highest BCUT2D eigenvalue weighted by molar-refractivity contribution is 7.17. The SMILES string of the molecule is COCc1cccc(-c2nc(C(C)C)c(C(=O)O)s2)c1. The second-order valence-electron chi connectivity index (χ2n) is 4.83. The maximum Gasteiger partial charge on any atom is 0.347 e. The first-order valence-electron chi connectivity index (χ1n) is 6.35. The standard InChI is InChI=1S/C15H17NO3S/c1-9(2)12-13(15(17)18)20-14(16-12)11-6-4-5-10(7-11)8-19-3/h4-7,9H,8H2,1-3H3,(H,17,18). The molecule has 0 bridgehead atoms. The Hall–Kier alpha value is -1.72. The van der Waals surface area contributed by atoms with E-state index in [2.05, 4.69) is 4.98 Å². The summed E-state index contributed by atoms with van der Waals surface area (Å²) in [7, 11) is 1.65. The van der Waals surface area contributed by atoms with Gasteiger partial charge in [0, 0.05) is 12.7 Å². The lowest BCUT2D eigenvalue weighted by Gasteiger charge is -2.02. The van der Waals surface area contributed by atoms with Gasteiger partial charge in [0.05, 0.1) is 12.3 Å². The molecule has 1 aromatic carbocycles. The van der Waals surface area contributed by atoms with Gasteiger partial charge in [-0.2, -0.15) is 0 Å². The second-order valence-corrected chi connectivity index (χ2v) is 5.83. The van der Waals surface area contributed by atoms with Crippen molar-refractivity contribution in [3.63, 3.8) is 0 Å². The fourth-order valence-electron chi connectivity index (χ4n) is 1.96. The number of carbonyl (C=O) groups is 1. The highest BCUT2D eigenvalue weighted by Crippen LogP contribution is 2.32. The van der Waals surface area contributed by atoms with Gasteiger partial charge in [0.25, 0.3) is 0 Å². The molecule has 0 radical (unpaired) electrons. The zero-order valence-electron chi connectivity index (χ0n) is 11.7. The van der Waals surface area contributed by atoms with Gasteiger partial charge >= 0.3 is 5.97 Å². The topological polar surface area (TPSA) is 59.4 Å². The summed E-state index contributed by atoms with van der Waals surface area (Å²) in [4.78, 5) is 16.1. The molecule has 0 spiro atoms. The number of benzene rings is 1. The number of carboxylic acid groups (broad SMARTS) is 1. The van der Waals surface area contributed by atoms with Crippen LogP contribution in [0.25, 0.3) is 10.6 Å². The molecule has 0 aliphatic carbocycles. The molecule has 5 heteroatoms. The van der Waals surface area contributed by atoms with Gasteiger partial charge in [-0.1, -0.05) is 32.0 Å². The number of hydrogen-bond donors (Lipinski definition) is 1. The molecule has 1 heterocycles. The van der Waals surface area contributed by atoms with Gasteiger partial charge < -0.3 is 9.84 Å². The molecule has 1 N–H and O–H groups in total. The minimum atomic E-state index is -0.912. The molecule has 20 heavy (non-hydrogen) atoms. The normalized spacial score (nSPS) is 11.0. The van der Waals surface area contributed by atoms with Crippen molar-refractivity contribution in [2.24, 2.45) is 0 Å². The van der Waals surface area contributed by atoms with Crippen molar-refractivity contribution in [2.75, 3.05) is 7.11 Å². The number of aromatic nitrogens is 1. The van der Waals surface area contributed by atoms with E-state index >= 15 is 0 Å². The Balaban J connectivity index is 2.45. The number of rotatable bonds is 5. The van der Waals surface area contributed by atoms with E-state index in [9.17, 15) is 9.90 Å². The summed E-state index contributed by atoms with van der Waals surface area (Å²) in [5.41, 5.74) is 2.62. The van der Waals surface area contributed by atoms with Crippen LogP contribution in [0, 0.1) is 0 Å². The van der Waals surface area contributed by atoms with Gasteiger partial charge in [-0.15, -0.1) is 11.3 Å². The summed E-state index contributed by atoms with van der Waals surface area (Å²) in [5, 5.41) is 10.0. The van der Waals surface area contributed by atoms with E-state index in [0.717, 1.165) is 16.1 Å². The Morgan fingerprint density at radius 3 is 2.75 bits per heavy atom. The van der Waals surface area contributed by atoms with E-state index in [1.807, 2.05) is 38.1 Å². The second kappa shape index (κ2) is 6.15. The van der Waals surface area contributed by atoms with Crippen molar-refractivity contribution in [3.8, 4) is 10.6 Å². The third kappa shape index (κ3) is 3.05. The molecule has 106 valence electrons.